The number of nitrogens with one attached hydrogen (secondary N) is 2. The van der Waals surface area contributed by atoms with Crippen molar-refractivity contribution < 1.29 is 13.9 Å². The SMILES string of the molecule is COc1ccc(F)cc1C(=O)NCc1ccc(-c2nc(-c3ccc(N4CCNCC4)nc3)n3ccnc(N)c23)cc1. The highest BCUT2D eigenvalue weighted by Crippen LogP contribution is 2.32. The molecule has 1 saturated heterocycles. The number of nitrogens with two attached hydrogens (primary N) is 1. The summed E-state index contributed by atoms with van der Waals surface area (Å²) in [5, 5.41) is 6.18. The highest BCUT2D eigenvalue weighted by Gasteiger charge is 2.19. The molecule has 0 bridgehead atoms. The second kappa shape index (κ2) is 11.2. The first kappa shape index (κ1) is 26.2. The Bertz CT molecular complexity index is 1700. The molecule has 0 radical (unpaired) electrons. The van der Waals surface area contributed by atoms with Crippen LogP contribution in [0.15, 0.2) is 73.2 Å². The van der Waals surface area contributed by atoms with Crippen molar-refractivity contribution in [1.29, 1.82) is 0 Å². The van der Waals surface area contributed by atoms with E-state index in [4.69, 9.17) is 20.4 Å². The Hall–Kier alpha value is -5.03. The van der Waals surface area contributed by atoms with Crippen molar-refractivity contribution in [2.24, 2.45) is 0 Å². The zero-order valence-electron chi connectivity index (χ0n) is 22.5. The third-order valence-corrected chi connectivity index (χ3v) is 7.12. The molecule has 1 aliphatic rings. The van der Waals surface area contributed by atoms with E-state index in [1.54, 1.807) is 6.20 Å². The molecule has 4 heterocycles. The zero-order valence-corrected chi connectivity index (χ0v) is 22.5. The monoisotopic (exact) mass is 552 g/mol. The maximum absolute atomic E-state index is 13.7. The van der Waals surface area contributed by atoms with Gasteiger partial charge in [0, 0.05) is 62.4 Å². The first-order chi connectivity index (χ1) is 20.0. The van der Waals surface area contributed by atoms with Crippen molar-refractivity contribution in [2.45, 2.75) is 6.54 Å². The zero-order chi connectivity index (χ0) is 28.3. The first-order valence-corrected chi connectivity index (χ1v) is 13.3. The molecule has 0 aliphatic carbocycles. The number of fused-ring (bicyclic) bond motifs is 1. The second-order valence-corrected chi connectivity index (χ2v) is 9.68. The van der Waals surface area contributed by atoms with Crippen LogP contribution in [0.2, 0.25) is 0 Å². The van der Waals surface area contributed by atoms with E-state index in [2.05, 4.69) is 20.5 Å². The highest BCUT2D eigenvalue weighted by molar-refractivity contribution is 5.97. The Labute approximate surface area is 236 Å². The molecule has 0 atom stereocenters. The molecule has 5 aromatic rings. The number of anilines is 2. The van der Waals surface area contributed by atoms with Crippen molar-refractivity contribution in [3.8, 4) is 28.4 Å². The van der Waals surface area contributed by atoms with Crippen LogP contribution < -0.4 is 26.0 Å². The average molecular weight is 553 g/mol. The quantitative estimate of drug-likeness (QED) is 0.280. The number of halogens is 1. The number of piperazine rings is 1. The molecule has 208 valence electrons. The molecule has 1 aliphatic heterocycles. The van der Waals surface area contributed by atoms with Crippen molar-refractivity contribution in [3.63, 3.8) is 0 Å². The van der Waals surface area contributed by atoms with Gasteiger partial charge in [0.2, 0.25) is 0 Å². The third kappa shape index (κ3) is 5.27. The van der Waals surface area contributed by atoms with Gasteiger partial charge in [0.1, 0.15) is 40.2 Å². The van der Waals surface area contributed by atoms with E-state index in [1.807, 2.05) is 53.2 Å². The highest BCUT2D eigenvalue weighted by atomic mass is 19.1. The lowest BCUT2D eigenvalue weighted by Gasteiger charge is -2.28. The molecule has 0 saturated carbocycles. The summed E-state index contributed by atoms with van der Waals surface area (Å²) in [6.07, 6.45) is 5.33. The fraction of sp³-hybridized carbons (Fsp3) is 0.200. The summed E-state index contributed by atoms with van der Waals surface area (Å²) in [5.74, 6) is 1.39. The van der Waals surface area contributed by atoms with Gasteiger partial charge in [-0.15, -0.1) is 0 Å². The van der Waals surface area contributed by atoms with Gasteiger partial charge in [-0.05, 0) is 35.9 Å². The van der Waals surface area contributed by atoms with Crippen LogP contribution in [-0.2, 0) is 6.54 Å². The predicted molar refractivity (Wildman–Crippen MR) is 155 cm³/mol. The molecule has 0 spiro atoms. The molecule has 10 nitrogen and oxygen atoms in total. The van der Waals surface area contributed by atoms with Crippen LogP contribution in [0.1, 0.15) is 15.9 Å². The molecule has 6 rings (SSSR count). The van der Waals surface area contributed by atoms with Gasteiger partial charge < -0.3 is 26.0 Å². The maximum Gasteiger partial charge on any atom is 0.255 e. The predicted octanol–water partition coefficient (Wildman–Crippen LogP) is 3.53. The van der Waals surface area contributed by atoms with Gasteiger partial charge in [-0.2, -0.15) is 0 Å². The van der Waals surface area contributed by atoms with Crippen LogP contribution in [0.4, 0.5) is 16.0 Å². The van der Waals surface area contributed by atoms with Gasteiger partial charge >= 0.3 is 0 Å². The lowest BCUT2D eigenvalue weighted by atomic mass is 10.1. The van der Waals surface area contributed by atoms with Crippen molar-refractivity contribution in [2.75, 3.05) is 43.9 Å². The number of imidazole rings is 1. The molecule has 4 N–H and O–H groups in total. The minimum absolute atomic E-state index is 0.138. The molecule has 0 unspecified atom stereocenters. The van der Waals surface area contributed by atoms with E-state index in [9.17, 15) is 9.18 Å². The van der Waals surface area contributed by atoms with Crippen molar-refractivity contribution in [3.05, 3.63) is 90.1 Å². The van der Waals surface area contributed by atoms with Crippen LogP contribution in [0.5, 0.6) is 5.75 Å². The third-order valence-electron chi connectivity index (χ3n) is 7.12. The number of ether oxygens (including phenoxy) is 1. The molecule has 11 heteroatoms. The lowest BCUT2D eigenvalue weighted by molar-refractivity contribution is 0.0947. The van der Waals surface area contributed by atoms with E-state index >= 15 is 0 Å². The number of benzene rings is 2. The summed E-state index contributed by atoms with van der Waals surface area (Å²) in [5.41, 5.74) is 10.4. The van der Waals surface area contributed by atoms with Crippen LogP contribution in [0.3, 0.4) is 0 Å². The Morgan fingerprint density at radius 3 is 2.59 bits per heavy atom. The molecule has 3 aromatic heterocycles. The number of nitrogen functional groups attached to an aromatic ring is 1. The molecule has 1 amide bonds. The summed E-state index contributed by atoms with van der Waals surface area (Å²) >= 11 is 0. The Morgan fingerprint density at radius 2 is 1.85 bits per heavy atom. The first-order valence-electron chi connectivity index (χ1n) is 13.3. The summed E-state index contributed by atoms with van der Waals surface area (Å²) in [6.45, 7) is 3.98. The Morgan fingerprint density at radius 1 is 1.07 bits per heavy atom. The number of carbonyl (C=O) groups excluding carboxylic acids is 1. The van der Waals surface area contributed by atoms with Crippen LogP contribution in [-0.4, -0.2) is 58.5 Å². The fourth-order valence-corrected chi connectivity index (χ4v) is 4.98. The van der Waals surface area contributed by atoms with Gasteiger partial charge in [-0.1, -0.05) is 24.3 Å². The summed E-state index contributed by atoms with van der Waals surface area (Å²) < 4.78 is 20.8. The minimum atomic E-state index is -0.507. The Balaban J connectivity index is 1.25. The van der Waals surface area contributed by atoms with Crippen LogP contribution in [0, 0.1) is 5.82 Å². The maximum atomic E-state index is 13.7. The summed E-state index contributed by atoms with van der Waals surface area (Å²) in [6, 6.07) is 15.5. The molecular formula is C30H29FN8O2. The standard InChI is InChI=1S/C30H29FN8O2/c1-41-24-8-7-22(31)16-23(24)30(40)36-17-19-2-4-20(5-3-19)26-27-28(32)34-12-15-39(27)29(37-26)21-6-9-25(35-18-21)38-13-10-33-11-14-38/h2-9,12,15-16,18,33H,10-11,13-14,17H2,1H3,(H2,32,34)(H,36,40). The second-order valence-electron chi connectivity index (χ2n) is 9.68. The minimum Gasteiger partial charge on any atom is -0.496 e. The number of rotatable bonds is 7. The number of aromatic nitrogens is 4. The van der Waals surface area contributed by atoms with E-state index in [-0.39, 0.29) is 12.1 Å². The summed E-state index contributed by atoms with van der Waals surface area (Å²) in [7, 11) is 1.44. The number of hydrogen-bond donors (Lipinski definition) is 3. The number of hydrogen-bond acceptors (Lipinski definition) is 8. The van der Waals surface area contributed by atoms with Crippen LogP contribution >= 0.6 is 0 Å². The van der Waals surface area contributed by atoms with E-state index in [0.29, 0.717) is 28.6 Å². The molecule has 1 fully saturated rings. The van der Waals surface area contributed by atoms with E-state index < -0.39 is 11.7 Å². The normalized spacial score (nSPS) is 13.4. The Kier molecular flexibility index (Phi) is 7.17. The molecule has 2 aromatic carbocycles. The van der Waals surface area contributed by atoms with Crippen molar-refractivity contribution >= 4 is 23.1 Å². The average Bonchev–Trinajstić information content (AvgIpc) is 3.41. The number of pyridine rings is 1. The van der Waals surface area contributed by atoms with E-state index in [1.165, 1.54) is 19.2 Å². The number of nitrogens with zero attached hydrogens (tertiary/aromatic N) is 5. The largest absolute Gasteiger partial charge is 0.496 e. The fourth-order valence-electron chi connectivity index (χ4n) is 4.98. The smallest absolute Gasteiger partial charge is 0.255 e. The number of amides is 1. The summed E-state index contributed by atoms with van der Waals surface area (Å²) in [4.78, 5) is 28.9. The van der Waals surface area contributed by atoms with E-state index in [0.717, 1.165) is 54.8 Å². The molecule has 41 heavy (non-hydrogen) atoms. The van der Waals surface area contributed by atoms with Gasteiger partial charge in [-0.25, -0.2) is 19.3 Å². The lowest BCUT2D eigenvalue weighted by Crippen LogP contribution is -2.43. The van der Waals surface area contributed by atoms with Gasteiger partial charge in [0.25, 0.3) is 5.91 Å². The van der Waals surface area contributed by atoms with Gasteiger partial charge in [0.15, 0.2) is 0 Å². The molecular weight excluding hydrogens is 523 g/mol. The van der Waals surface area contributed by atoms with Crippen molar-refractivity contribution in [1.82, 2.24) is 30.0 Å². The number of carbonyl (C=O) groups is 1. The van der Waals surface area contributed by atoms with Crippen LogP contribution in [0.25, 0.3) is 28.2 Å². The van der Waals surface area contributed by atoms with Gasteiger partial charge in [-0.3, -0.25) is 9.20 Å². The van der Waals surface area contributed by atoms with Gasteiger partial charge in [0.05, 0.1) is 12.7 Å². The topological polar surface area (TPSA) is 123 Å². The number of methoxy groups -OCH3 is 1.